The van der Waals surface area contributed by atoms with Gasteiger partial charge >= 0.3 is 0 Å². The molecule has 0 radical (unpaired) electrons. The third kappa shape index (κ3) is 5.90. The lowest BCUT2D eigenvalue weighted by Gasteiger charge is -2.27. The summed E-state index contributed by atoms with van der Waals surface area (Å²) in [6, 6.07) is 17.3. The first kappa shape index (κ1) is 25.7. The molecule has 202 valence electrons. The van der Waals surface area contributed by atoms with E-state index in [1.807, 2.05) is 54.6 Å². The van der Waals surface area contributed by atoms with E-state index in [9.17, 15) is 9.59 Å². The summed E-state index contributed by atoms with van der Waals surface area (Å²) in [5.41, 5.74) is 2.77. The number of rotatable bonds is 8. The summed E-state index contributed by atoms with van der Waals surface area (Å²) in [5.74, 6) is 1.09. The van der Waals surface area contributed by atoms with Crippen LogP contribution in [0.15, 0.2) is 59.4 Å². The van der Waals surface area contributed by atoms with Gasteiger partial charge in [0.05, 0.1) is 25.1 Å². The van der Waals surface area contributed by atoms with Crippen LogP contribution >= 0.6 is 11.3 Å². The molecule has 0 atom stereocenters. The number of fused-ring (bicyclic) bond motifs is 3. The number of anilines is 1. The number of aromatic nitrogens is 2. The third-order valence-electron chi connectivity index (χ3n) is 7.31. The highest BCUT2D eigenvalue weighted by Crippen LogP contribution is 2.34. The number of nitrogens with zero attached hydrogens (tertiary/aromatic N) is 3. The van der Waals surface area contributed by atoms with E-state index in [4.69, 9.17) is 14.5 Å². The monoisotopic (exact) mass is 544 g/mol. The lowest BCUT2D eigenvalue weighted by Crippen LogP contribution is -2.39. The number of ether oxygens (including phenoxy) is 2. The quantitative estimate of drug-likeness (QED) is 0.354. The topological polar surface area (TPSA) is 85.7 Å². The number of hydrogen-bond acceptors (Lipinski definition) is 7. The Bertz CT molecular complexity index is 1510. The molecule has 4 aromatic rings. The smallest absolute Gasteiger partial charge is 0.263 e. The van der Waals surface area contributed by atoms with Gasteiger partial charge in [-0.3, -0.25) is 19.1 Å². The summed E-state index contributed by atoms with van der Waals surface area (Å²) in [7, 11) is 0. The van der Waals surface area contributed by atoms with E-state index in [0.717, 1.165) is 60.5 Å². The first-order chi connectivity index (χ1) is 19.1. The van der Waals surface area contributed by atoms with Crippen LogP contribution in [0.2, 0.25) is 0 Å². The van der Waals surface area contributed by atoms with Crippen molar-refractivity contribution in [1.29, 1.82) is 0 Å². The van der Waals surface area contributed by atoms with Gasteiger partial charge in [-0.1, -0.05) is 30.3 Å². The largest absolute Gasteiger partial charge is 0.489 e. The molecule has 1 N–H and O–H groups in total. The maximum atomic E-state index is 13.8. The highest BCUT2D eigenvalue weighted by Gasteiger charge is 2.24. The molecule has 1 saturated heterocycles. The van der Waals surface area contributed by atoms with Crippen LogP contribution in [0.1, 0.15) is 34.7 Å². The van der Waals surface area contributed by atoms with Crippen LogP contribution in [-0.2, 0) is 42.1 Å². The fraction of sp³-hybridized carbons (Fsp3) is 0.367. The summed E-state index contributed by atoms with van der Waals surface area (Å²) < 4.78 is 12.9. The highest BCUT2D eigenvalue weighted by molar-refractivity contribution is 7.18. The molecule has 2 aromatic carbocycles. The molecule has 6 rings (SSSR count). The SMILES string of the molecule is O=C(Cn1c(CN2CCOCC2)nc2sc3c(c2c1=O)CCCC3)Nc1ccc(OCc2ccccc2)cc1. The fourth-order valence-electron chi connectivity index (χ4n) is 5.24. The van der Waals surface area contributed by atoms with Gasteiger partial charge in [0.1, 0.15) is 29.6 Å². The van der Waals surface area contributed by atoms with E-state index < -0.39 is 0 Å². The average molecular weight is 545 g/mol. The van der Waals surface area contributed by atoms with E-state index in [2.05, 4.69) is 10.2 Å². The zero-order chi connectivity index (χ0) is 26.6. The minimum Gasteiger partial charge on any atom is -0.489 e. The van der Waals surface area contributed by atoms with E-state index >= 15 is 0 Å². The number of hydrogen-bond donors (Lipinski definition) is 1. The molecule has 1 aliphatic heterocycles. The number of nitrogens with one attached hydrogen (secondary N) is 1. The predicted molar refractivity (Wildman–Crippen MR) is 152 cm³/mol. The number of benzene rings is 2. The number of aryl methyl sites for hydroxylation is 2. The van der Waals surface area contributed by atoms with Crippen LogP contribution in [0.25, 0.3) is 10.2 Å². The second-order valence-electron chi connectivity index (χ2n) is 10.0. The molecule has 9 heteroatoms. The van der Waals surface area contributed by atoms with Crippen molar-refractivity contribution in [3.8, 4) is 5.75 Å². The van der Waals surface area contributed by atoms with Gasteiger partial charge in [0.25, 0.3) is 5.56 Å². The van der Waals surface area contributed by atoms with Crippen molar-refractivity contribution >= 4 is 33.1 Å². The summed E-state index contributed by atoms with van der Waals surface area (Å²) in [6.07, 6.45) is 4.13. The molecular weight excluding hydrogens is 512 g/mol. The van der Waals surface area contributed by atoms with Crippen LogP contribution in [0.5, 0.6) is 5.75 Å². The van der Waals surface area contributed by atoms with Crippen molar-refractivity contribution in [2.45, 2.75) is 45.4 Å². The van der Waals surface area contributed by atoms with E-state index in [1.165, 1.54) is 4.88 Å². The van der Waals surface area contributed by atoms with E-state index in [1.54, 1.807) is 15.9 Å². The Kier molecular flexibility index (Phi) is 7.71. The van der Waals surface area contributed by atoms with Crippen molar-refractivity contribution in [3.63, 3.8) is 0 Å². The highest BCUT2D eigenvalue weighted by atomic mass is 32.1. The average Bonchev–Trinajstić information content (AvgIpc) is 3.34. The van der Waals surface area contributed by atoms with Crippen molar-refractivity contribution < 1.29 is 14.3 Å². The van der Waals surface area contributed by atoms with Crippen LogP contribution < -0.4 is 15.6 Å². The lowest BCUT2D eigenvalue weighted by atomic mass is 9.97. The van der Waals surface area contributed by atoms with Gasteiger partial charge in [0, 0.05) is 23.7 Å². The van der Waals surface area contributed by atoms with Crippen molar-refractivity contribution in [1.82, 2.24) is 14.5 Å². The second kappa shape index (κ2) is 11.7. The van der Waals surface area contributed by atoms with Gasteiger partial charge in [-0.15, -0.1) is 11.3 Å². The predicted octanol–water partition coefficient (Wildman–Crippen LogP) is 4.39. The molecule has 3 heterocycles. The normalized spacial score (nSPS) is 15.7. The standard InChI is InChI=1S/C30H32N4O4S/c35-27(31-22-10-12-23(13-11-22)38-20-21-6-2-1-3-7-21)19-34-26(18-33-14-16-37-17-15-33)32-29-28(30(34)36)24-8-4-5-9-25(24)39-29/h1-3,6-7,10-13H,4-5,8-9,14-20H2,(H,31,35). The van der Waals surface area contributed by atoms with Crippen LogP contribution in [0.3, 0.4) is 0 Å². The van der Waals surface area contributed by atoms with E-state index in [-0.39, 0.29) is 18.0 Å². The Morgan fingerprint density at radius 1 is 1.03 bits per heavy atom. The van der Waals surface area contributed by atoms with Crippen LogP contribution in [0.4, 0.5) is 5.69 Å². The molecule has 0 spiro atoms. The zero-order valence-electron chi connectivity index (χ0n) is 21.9. The summed E-state index contributed by atoms with van der Waals surface area (Å²) >= 11 is 1.64. The molecule has 0 unspecified atom stereocenters. The third-order valence-corrected chi connectivity index (χ3v) is 8.50. The molecule has 1 aliphatic carbocycles. The maximum Gasteiger partial charge on any atom is 0.263 e. The molecule has 0 bridgehead atoms. The number of carbonyl (C=O) groups excluding carboxylic acids is 1. The van der Waals surface area contributed by atoms with Crippen LogP contribution in [-0.4, -0.2) is 46.7 Å². The molecule has 2 aliphatic rings. The minimum atomic E-state index is -0.261. The second-order valence-corrected chi connectivity index (χ2v) is 11.1. The molecule has 39 heavy (non-hydrogen) atoms. The van der Waals surface area contributed by atoms with Gasteiger partial charge in [0.15, 0.2) is 0 Å². The zero-order valence-corrected chi connectivity index (χ0v) is 22.7. The first-order valence-corrected chi connectivity index (χ1v) is 14.4. The Labute approximate surface area is 231 Å². The molecule has 2 aromatic heterocycles. The first-order valence-electron chi connectivity index (χ1n) is 13.5. The summed E-state index contributed by atoms with van der Waals surface area (Å²) in [4.78, 5) is 36.3. The Morgan fingerprint density at radius 2 is 1.79 bits per heavy atom. The lowest BCUT2D eigenvalue weighted by molar-refractivity contribution is -0.116. The van der Waals surface area contributed by atoms with Crippen LogP contribution in [0, 0.1) is 0 Å². The number of amides is 1. The van der Waals surface area contributed by atoms with Crippen molar-refractivity contribution in [2.24, 2.45) is 0 Å². The summed E-state index contributed by atoms with van der Waals surface area (Å²) in [5, 5.41) is 3.64. The molecule has 8 nitrogen and oxygen atoms in total. The van der Waals surface area contributed by atoms with Gasteiger partial charge in [-0.2, -0.15) is 0 Å². The molecule has 0 saturated carbocycles. The van der Waals surface area contributed by atoms with Gasteiger partial charge < -0.3 is 14.8 Å². The minimum absolute atomic E-state index is 0.0850. The molecular formula is C30H32N4O4S. The maximum absolute atomic E-state index is 13.8. The number of morpholine rings is 1. The number of thiophene rings is 1. The Hall–Kier alpha value is -3.53. The van der Waals surface area contributed by atoms with Crippen molar-refractivity contribution in [2.75, 3.05) is 31.6 Å². The van der Waals surface area contributed by atoms with E-state index in [0.29, 0.717) is 43.3 Å². The van der Waals surface area contributed by atoms with Crippen molar-refractivity contribution in [3.05, 3.63) is 86.8 Å². The molecule has 1 amide bonds. The molecule has 1 fully saturated rings. The van der Waals surface area contributed by atoms with Gasteiger partial charge in [-0.05, 0) is 61.1 Å². The Balaban J connectivity index is 1.20. The number of carbonyl (C=O) groups is 1. The summed E-state index contributed by atoms with van der Waals surface area (Å²) in [6.45, 7) is 3.77. The van der Waals surface area contributed by atoms with Gasteiger partial charge in [0.2, 0.25) is 5.91 Å². The fourth-order valence-corrected chi connectivity index (χ4v) is 6.51. The Morgan fingerprint density at radius 3 is 2.59 bits per heavy atom. The van der Waals surface area contributed by atoms with Gasteiger partial charge in [-0.25, -0.2) is 4.98 Å².